The minimum absolute atomic E-state index is 0.00259. The van der Waals surface area contributed by atoms with Gasteiger partial charge in [0.05, 0.1) is 19.9 Å². The first-order valence-corrected chi connectivity index (χ1v) is 7.29. The maximum absolute atomic E-state index is 12.3. The van der Waals surface area contributed by atoms with Crippen molar-refractivity contribution >= 4 is 17.7 Å². The topological polar surface area (TPSA) is 71.3 Å². The lowest BCUT2D eigenvalue weighted by molar-refractivity contribution is -0.112. The first-order chi connectivity index (χ1) is 11.6. The summed E-state index contributed by atoms with van der Waals surface area (Å²) in [5.41, 5.74) is 2.27. The second-order valence-corrected chi connectivity index (χ2v) is 5.10. The third-order valence-corrected chi connectivity index (χ3v) is 3.40. The molecule has 0 heterocycles. The van der Waals surface area contributed by atoms with E-state index in [0.29, 0.717) is 17.2 Å². The predicted octanol–water partition coefficient (Wildman–Crippen LogP) is 3.56. The number of amides is 1. The molecule has 2 aromatic carbocycles. The summed E-state index contributed by atoms with van der Waals surface area (Å²) >= 11 is 0. The lowest BCUT2D eigenvalue weighted by atomic mass is 10.1. The zero-order chi connectivity index (χ0) is 17.5. The van der Waals surface area contributed by atoms with E-state index >= 15 is 0 Å². The molecule has 122 valence electrons. The summed E-state index contributed by atoms with van der Waals surface area (Å²) in [4.78, 5) is 12.3. The van der Waals surface area contributed by atoms with Gasteiger partial charge in [-0.25, -0.2) is 0 Å². The van der Waals surface area contributed by atoms with Crippen molar-refractivity contribution in [1.29, 1.82) is 5.26 Å². The van der Waals surface area contributed by atoms with Crippen LogP contribution >= 0.6 is 0 Å². The number of aryl methyl sites for hydroxylation is 1. The van der Waals surface area contributed by atoms with Crippen LogP contribution in [-0.2, 0) is 4.79 Å². The fourth-order valence-corrected chi connectivity index (χ4v) is 2.11. The van der Waals surface area contributed by atoms with Gasteiger partial charge >= 0.3 is 0 Å². The number of hydrogen-bond acceptors (Lipinski definition) is 4. The van der Waals surface area contributed by atoms with Crippen LogP contribution in [0.2, 0.25) is 0 Å². The summed E-state index contributed by atoms with van der Waals surface area (Å²) in [6, 6.07) is 14.4. The van der Waals surface area contributed by atoms with Gasteiger partial charge in [0.15, 0.2) is 0 Å². The van der Waals surface area contributed by atoms with Crippen LogP contribution in [0.15, 0.2) is 48.0 Å². The van der Waals surface area contributed by atoms with Gasteiger partial charge < -0.3 is 14.8 Å². The summed E-state index contributed by atoms with van der Waals surface area (Å²) in [7, 11) is 3.11. The Bertz CT molecular complexity index is 802. The molecule has 5 nitrogen and oxygen atoms in total. The minimum Gasteiger partial charge on any atom is -0.497 e. The number of rotatable bonds is 5. The Labute approximate surface area is 141 Å². The van der Waals surface area contributed by atoms with Crippen LogP contribution in [0.1, 0.15) is 11.1 Å². The second kappa shape index (κ2) is 7.84. The molecule has 0 saturated heterocycles. The van der Waals surface area contributed by atoms with Crippen molar-refractivity contribution in [2.75, 3.05) is 19.5 Å². The van der Waals surface area contributed by atoms with Crippen molar-refractivity contribution in [2.24, 2.45) is 0 Å². The van der Waals surface area contributed by atoms with Gasteiger partial charge in [0.2, 0.25) is 0 Å². The Morgan fingerprint density at radius 3 is 2.42 bits per heavy atom. The van der Waals surface area contributed by atoms with Crippen molar-refractivity contribution in [2.45, 2.75) is 6.92 Å². The van der Waals surface area contributed by atoms with Gasteiger partial charge in [-0.1, -0.05) is 18.2 Å². The van der Waals surface area contributed by atoms with Crippen molar-refractivity contribution in [3.63, 3.8) is 0 Å². The van der Waals surface area contributed by atoms with E-state index in [1.807, 2.05) is 25.1 Å². The van der Waals surface area contributed by atoms with Gasteiger partial charge in [-0.05, 0) is 48.4 Å². The van der Waals surface area contributed by atoms with E-state index in [2.05, 4.69) is 5.32 Å². The lowest BCUT2D eigenvalue weighted by Crippen LogP contribution is -2.14. The third kappa shape index (κ3) is 4.14. The first kappa shape index (κ1) is 17.1. The van der Waals surface area contributed by atoms with Gasteiger partial charge in [0, 0.05) is 0 Å². The van der Waals surface area contributed by atoms with E-state index < -0.39 is 5.91 Å². The number of nitrogens with one attached hydrogen (secondary N) is 1. The molecular weight excluding hydrogens is 304 g/mol. The van der Waals surface area contributed by atoms with E-state index in [0.717, 1.165) is 11.1 Å². The van der Waals surface area contributed by atoms with Crippen LogP contribution in [0, 0.1) is 18.3 Å². The van der Waals surface area contributed by atoms with Gasteiger partial charge in [0.25, 0.3) is 5.91 Å². The molecule has 0 aliphatic heterocycles. The van der Waals surface area contributed by atoms with Crippen molar-refractivity contribution < 1.29 is 14.3 Å². The Kier molecular flexibility index (Phi) is 5.58. The molecule has 0 saturated carbocycles. The molecule has 0 atom stereocenters. The van der Waals surface area contributed by atoms with Crippen LogP contribution in [-0.4, -0.2) is 20.1 Å². The summed E-state index contributed by atoms with van der Waals surface area (Å²) in [5, 5.41) is 12.0. The molecule has 0 aliphatic carbocycles. The van der Waals surface area contributed by atoms with Crippen LogP contribution in [0.5, 0.6) is 11.5 Å². The average Bonchev–Trinajstić information content (AvgIpc) is 2.61. The Morgan fingerprint density at radius 1 is 1.12 bits per heavy atom. The summed E-state index contributed by atoms with van der Waals surface area (Å²) in [5.74, 6) is 0.764. The molecular formula is C19H18N2O3. The lowest BCUT2D eigenvalue weighted by Gasteiger charge is -2.10. The molecule has 0 bridgehead atoms. The molecule has 2 aromatic rings. The maximum Gasteiger partial charge on any atom is 0.266 e. The summed E-state index contributed by atoms with van der Waals surface area (Å²) < 4.78 is 10.3. The van der Waals surface area contributed by atoms with Crippen molar-refractivity contribution in [1.82, 2.24) is 0 Å². The van der Waals surface area contributed by atoms with E-state index in [9.17, 15) is 10.1 Å². The second-order valence-electron chi connectivity index (χ2n) is 5.10. The highest BCUT2D eigenvalue weighted by Crippen LogP contribution is 2.26. The highest BCUT2D eigenvalue weighted by atomic mass is 16.5. The standard InChI is InChI=1S/C19H18N2O3/c1-13-4-9-17(18(10-13)24-3)21-19(22)15(12-20)11-14-5-7-16(23-2)8-6-14/h4-11H,1-3H3,(H,21,22). The molecule has 0 unspecified atom stereocenters. The van der Waals surface area contributed by atoms with E-state index in [1.165, 1.54) is 13.2 Å². The van der Waals surface area contributed by atoms with Gasteiger partial charge in [0.1, 0.15) is 23.1 Å². The normalized spacial score (nSPS) is 10.7. The Hall–Kier alpha value is -3.26. The number of carbonyl (C=O) groups excluding carboxylic acids is 1. The smallest absolute Gasteiger partial charge is 0.266 e. The number of carbonyl (C=O) groups is 1. The quantitative estimate of drug-likeness (QED) is 0.675. The van der Waals surface area contributed by atoms with Gasteiger partial charge in [-0.15, -0.1) is 0 Å². The monoisotopic (exact) mass is 322 g/mol. The molecule has 5 heteroatoms. The van der Waals surface area contributed by atoms with E-state index in [-0.39, 0.29) is 5.57 Å². The van der Waals surface area contributed by atoms with Crippen LogP contribution in [0.4, 0.5) is 5.69 Å². The van der Waals surface area contributed by atoms with Gasteiger partial charge in [-0.2, -0.15) is 5.26 Å². The number of nitriles is 1. The average molecular weight is 322 g/mol. The largest absolute Gasteiger partial charge is 0.497 e. The number of methoxy groups -OCH3 is 2. The minimum atomic E-state index is -0.490. The summed E-state index contributed by atoms with van der Waals surface area (Å²) in [6.45, 7) is 1.93. The van der Waals surface area contributed by atoms with Crippen molar-refractivity contribution in [3.8, 4) is 17.6 Å². The maximum atomic E-state index is 12.3. The predicted molar refractivity (Wildman–Crippen MR) is 92.9 cm³/mol. The SMILES string of the molecule is COc1ccc(C=C(C#N)C(=O)Nc2ccc(C)cc2OC)cc1. The Morgan fingerprint density at radius 2 is 1.83 bits per heavy atom. The molecule has 1 amide bonds. The molecule has 2 rings (SSSR count). The molecule has 0 fully saturated rings. The zero-order valence-electron chi connectivity index (χ0n) is 13.8. The van der Waals surface area contributed by atoms with Crippen molar-refractivity contribution in [3.05, 3.63) is 59.2 Å². The number of ether oxygens (including phenoxy) is 2. The first-order valence-electron chi connectivity index (χ1n) is 7.29. The van der Waals surface area contributed by atoms with Crippen LogP contribution in [0.25, 0.3) is 6.08 Å². The fourth-order valence-electron chi connectivity index (χ4n) is 2.11. The third-order valence-electron chi connectivity index (χ3n) is 3.40. The van der Waals surface area contributed by atoms with Gasteiger partial charge in [-0.3, -0.25) is 4.79 Å². The molecule has 24 heavy (non-hydrogen) atoms. The highest BCUT2D eigenvalue weighted by Gasteiger charge is 2.12. The molecule has 0 spiro atoms. The summed E-state index contributed by atoms with van der Waals surface area (Å²) in [6.07, 6.45) is 1.52. The number of benzene rings is 2. The zero-order valence-corrected chi connectivity index (χ0v) is 13.8. The molecule has 1 N–H and O–H groups in total. The number of nitrogens with zero attached hydrogens (tertiary/aromatic N) is 1. The fraction of sp³-hybridized carbons (Fsp3) is 0.158. The van der Waals surface area contributed by atoms with E-state index in [4.69, 9.17) is 9.47 Å². The number of anilines is 1. The Balaban J connectivity index is 2.22. The molecule has 0 aliphatic rings. The molecule has 0 aromatic heterocycles. The van der Waals surface area contributed by atoms with Crippen LogP contribution < -0.4 is 14.8 Å². The number of hydrogen-bond donors (Lipinski definition) is 1. The molecule has 0 radical (unpaired) electrons. The highest BCUT2D eigenvalue weighted by molar-refractivity contribution is 6.10. The van der Waals surface area contributed by atoms with Crippen LogP contribution in [0.3, 0.4) is 0 Å². The van der Waals surface area contributed by atoms with E-state index in [1.54, 1.807) is 37.4 Å².